The number of carbonyl (C=O) groups excluding carboxylic acids is 2. The number of carbonyl (C=O) groups is 2. The first-order chi connectivity index (χ1) is 15.9. The third-order valence-corrected chi connectivity index (χ3v) is 6.50. The molecule has 3 aromatic rings. The van der Waals surface area contributed by atoms with Crippen LogP contribution in [0.4, 0.5) is 11.6 Å². The second-order valence-corrected chi connectivity index (χ2v) is 8.77. The highest BCUT2D eigenvalue weighted by Crippen LogP contribution is 2.28. The number of anilines is 2. The van der Waals surface area contributed by atoms with E-state index in [9.17, 15) is 14.4 Å². The fraction of sp³-hybridized carbons (Fsp3) is 0.391. The molecule has 0 atom stereocenters. The van der Waals surface area contributed by atoms with Crippen molar-refractivity contribution < 1.29 is 19.1 Å². The van der Waals surface area contributed by atoms with Gasteiger partial charge in [-0.05, 0) is 49.9 Å². The van der Waals surface area contributed by atoms with E-state index in [0.29, 0.717) is 60.7 Å². The number of esters is 1. The molecule has 1 saturated heterocycles. The van der Waals surface area contributed by atoms with Gasteiger partial charge < -0.3 is 19.7 Å². The Morgan fingerprint density at radius 3 is 2.79 bits per heavy atom. The van der Waals surface area contributed by atoms with Crippen molar-refractivity contribution in [3.8, 4) is 0 Å². The molecule has 9 nitrogen and oxygen atoms in total. The number of nitrogens with one attached hydrogen (secondary N) is 2. The zero-order chi connectivity index (χ0) is 23.4. The first-order valence-electron chi connectivity index (χ1n) is 10.9. The van der Waals surface area contributed by atoms with Crippen LogP contribution in [0.25, 0.3) is 10.1 Å². The van der Waals surface area contributed by atoms with Crippen molar-refractivity contribution in [1.82, 2.24) is 9.97 Å². The summed E-state index contributed by atoms with van der Waals surface area (Å²) in [4.78, 5) is 46.9. The highest BCUT2D eigenvalue weighted by Gasteiger charge is 2.17. The van der Waals surface area contributed by atoms with E-state index in [4.69, 9.17) is 9.47 Å². The number of thiophene rings is 1. The van der Waals surface area contributed by atoms with E-state index in [2.05, 4.69) is 15.3 Å². The lowest BCUT2D eigenvalue weighted by atomic mass is 10.1. The summed E-state index contributed by atoms with van der Waals surface area (Å²) in [7, 11) is 0. The zero-order valence-corrected chi connectivity index (χ0v) is 19.4. The molecule has 1 aliphatic heterocycles. The molecule has 1 aromatic carbocycles. The Morgan fingerprint density at radius 2 is 2.06 bits per heavy atom. The maximum atomic E-state index is 12.6. The van der Waals surface area contributed by atoms with E-state index in [1.165, 1.54) is 11.3 Å². The molecule has 174 valence electrons. The van der Waals surface area contributed by atoms with E-state index in [-0.39, 0.29) is 30.3 Å². The molecule has 0 spiro atoms. The van der Waals surface area contributed by atoms with Crippen molar-refractivity contribution in [2.24, 2.45) is 0 Å². The number of nitrogens with zero attached hydrogens (tertiary/aromatic N) is 2. The number of amides is 1. The molecule has 33 heavy (non-hydrogen) atoms. The minimum atomic E-state index is -0.349. The van der Waals surface area contributed by atoms with Crippen molar-refractivity contribution in [3.63, 3.8) is 0 Å². The molecule has 0 unspecified atom stereocenters. The summed E-state index contributed by atoms with van der Waals surface area (Å²) in [6.45, 7) is 6.45. The summed E-state index contributed by atoms with van der Waals surface area (Å²) in [6.07, 6.45) is 0.440. The molecule has 0 radical (unpaired) electrons. The maximum absolute atomic E-state index is 12.6. The van der Waals surface area contributed by atoms with Crippen LogP contribution in [-0.4, -0.2) is 54.8 Å². The first-order valence-corrected chi connectivity index (χ1v) is 11.7. The lowest BCUT2D eigenvalue weighted by Crippen LogP contribution is -2.38. The van der Waals surface area contributed by atoms with Crippen LogP contribution < -0.4 is 15.8 Å². The van der Waals surface area contributed by atoms with Gasteiger partial charge in [0.1, 0.15) is 4.88 Å². The maximum Gasteiger partial charge on any atom is 0.348 e. The summed E-state index contributed by atoms with van der Waals surface area (Å²) in [5, 5.41) is 3.72. The summed E-state index contributed by atoms with van der Waals surface area (Å²) in [5.74, 6) is -0.00960. The monoisotopic (exact) mass is 470 g/mol. The van der Waals surface area contributed by atoms with Gasteiger partial charge >= 0.3 is 5.97 Å². The van der Waals surface area contributed by atoms with Crippen LogP contribution in [0.2, 0.25) is 0 Å². The topological polar surface area (TPSA) is 114 Å². The van der Waals surface area contributed by atoms with Crippen LogP contribution >= 0.6 is 11.3 Å². The SMILES string of the molecule is CCOC(=O)c1cc2cc(NC(=O)CCc3c(C)nc(N4CCOCC4)[nH]c3=O)ccc2s1. The fourth-order valence-corrected chi connectivity index (χ4v) is 4.64. The number of morpholine rings is 1. The Morgan fingerprint density at radius 1 is 1.27 bits per heavy atom. The number of hydrogen-bond donors (Lipinski definition) is 2. The summed E-state index contributed by atoms with van der Waals surface area (Å²) < 4.78 is 11.3. The highest BCUT2D eigenvalue weighted by molar-refractivity contribution is 7.20. The molecular formula is C23H26N4O5S. The summed E-state index contributed by atoms with van der Waals surface area (Å²) in [6, 6.07) is 7.24. The van der Waals surface area contributed by atoms with Gasteiger partial charge in [0.25, 0.3) is 5.56 Å². The number of ether oxygens (including phenoxy) is 2. The van der Waals surface area contributed by atoms with Crippen molar-refractivity contribution >= 4 is 44.9 Å². The normalized spacial score (nSPS) is 13.8. The Kier molecular flexibility index (Phi) is 7.05. The van der Waals surface area contributed by atoms with Crippen LogP contribution in [0.1, 0.15) is 34.3 Å². The Labute approximate surface area is 194 Å². The van der Waals surface area contributed by atoms with Crippen LogP contribution in [0.15, 0.2) is 29.1 Å². The van der Waals surface area contributed by atoms with Gasteiger partial charge in [-0.15, -0.1) is 11.3 Å². The molecule has 2 aromatic heterocycles. The van der Waals surface area contributed by atoms with Crippen LogP contribution in [0.3, 0.4) is 0 Å². The predicted molar refractivity (Wildman–Crippen MR) is 127 cm³/mol. The lowest BCUT2D eigenvalue weighted by Gasteiger charge is -2.27. The van der Waals surface area contributed by atoms with Gasteiger partial charge in [-0.1, -0.05) is 0 Å². The predicted octanol–water partition coefficient (Wildman–Crippen LogP) is 2.88. The van der Waals surface area contributed by atoms with E-state index in [1.807, 2.05) is 17.0 Å². The van der Waals surface area contributed by atoms with Gasteiger partial charge in [-0.2, -0.15) is 0 Å². The molecule has 3 heterocycles. The number of aryl methyl sites for hydroxylation is 1. The molecule has 1 aliphatic rings. The number of fused-ring (bicyclic) bond motifs is 1. The Hall–Kier alpha value is -3.24. The quantitative estimate of drug-likeness (QED) is 0.511. The van der Waals surface area contributed by atoms with E-state index in [0.717, 1.165) is 10.1 Å². The number of hydrogen-bond acceptors (Lipinski definition) is 8. The van der Waals surface area contributed by atoms with Crippen LogP contribution in [0.5, 0.6) is 0 Å². The minimum Gasteiger partial charge on any atom is -0.462 e. The van der Waals surface area contributed by atoms with Crippen molar-refractivity contribution in [3.05, 3.63) is 50.8 Å². The average Bonchev–Trinajstić information content (AvgIpc) is 3.23. The Balaban J connectivity index is 1.39. The van der Waals surface area contributed by atoms with Gasteiger partial charge in [-0.3, -0.25) is 14.6 Å². The molecule has 4 rings (SSSR count). The number of H-pyrrole nitrogens is 1. The van der Waals surface area contributed by atoms with Crippen molar-refractivity contribution in [1.29, 1.82) is 0 Å². The molecule has 10 heteroatoms. The van der Waals surface area contributed by atoms with Gasteiger partial charge in [-0.25, -0.2) is 9.78 Å². The zero-order valence-electron chi connectivity index (χ0n) is 18.6. The molecule has 2 N–H and O–H groups in total. The molecule has 1 fully saturated rings. The van der Waals surface area contributed by atoms with Crippen LogP contribution in [-0.2, 0) is 20.7 Å². The number of benzene rings is 1. The van der Waals surface area contributed by atoms with E-state index in [1.54, 1.807) is 26.0 Å². The molecular weight excluding hydrogens is 444 g/mol. The second kappa shape index (κ2) is 10.1. The fourth-order valence-electron chi connectivity index (χ4n) is 3.70. The Bertz CT molecular complexity index is 1230. The van der Waals surface area contributed by atoms with Crippen molar-refractivity contribution in [2.75, 3.05) is 43.1 Å². The third kappa shape index (κ3) is 5.40. The van der Waals surface area contributed by atoms with Crippen molar-refractivity contribution in [2.45, 2.75) is 26.7 Å². The standard InChI is InChI=1S/C23H26N4O5S/c1-3-32-22(30)19-13-15-12-16(4-6-18(15)33-19)25-20(28)7-5-17-14(2)24-23(26-21(17)29)27-8-10-31-11-9-27/h4,6,12-13H,3,5,7-11H2,1-2H3,(H,25,28)(H,24,26,29). The molecule has 0 saturated carbocycles. The van der Waals surface area contributed by atoms with Gasteiger partial charge in [0, 0.05) is 41.2 Å². The number of rotatable bonds is 7. The summed E-state index contributed by atoms with van der Waals surface area (Å²) >= 11 is 1.35. The second-order valence-electron chi connectivity index (χ2n) is 7.68. The van der Waals surface area contributed by atoms with Gasteiger partial charge in [0.2, 0.25) is 11.9 Å². The average molecular weight is 471 g/mol. The smallest absolute Gasteiger partial charge is 0.348 e. The molecule has 1 amide bonds. The summed E-state index contributed by atoms with van der Waals surface area (Å²) in [5.41, 5.74) is 1.55. The molecule has 0 aliphatic carbocycles. The van der Waals surface area contributed by atoms with Gasteiger partial charge in [0.05, 0.1) is 19.8 Å². The van der Waals surface area contributed by atoms with E-state index < -0.39 is 0 Å². The lowest BCUT2D eigenvalue weighted by molar-refractivity contribution is -0.116. The minimum absolute atomic E-state index is 0.151. The van der Waals surface area contributed by atoms with Crippen LogP contribution in [0, 0.1) is 6.92 Å². The molecule has 0 bridgehead atoms. The third-order valence-electron chi connectivity index (χ3n) is 5.40. The van der Waals surface area contributed by atoms with Gasteiger partial charge in [0.15, 0.2) is 0 Å². The number of aromatic amines is 1. The largest absolute Gasteiger partial charge is 0.462 e. The first kappa shape index (κ1) is 22.9. The highest BCUT2D eigenvalue weighted by atomic mass is 32.1. The van der Waals surface area contributed by atoms with E-state index >= 15 is 0 Å². The number of aromatic nitrogens is 2.